The van der Waals surface area contributed by atoms with Crippen LogP contribution in [0.1, 0.15) is 146 Å². The minimum Gasteiger partial charge on any atom is -0.508 e. The number of nitrogens with one attached hydrogen (secondary N) is 12. The van der Waals surface area contributed by atoms with E-state index >= 15 is 38.4 Å². The summed E-state index contributed by atoms with van der Waals surface area (Å²) >= 11 is 0.708. The molecule has 0 aliphatic carbocycles. The van der Waals surface area contributed by atoms with Crippen molar-refractivity contribution in [3.63, 3.8) is 0 Å². The maximum atomic E-state index is 15.8. The predicted molar refractivity (Wildman–Crippen MR) is 484 cm³/mol. The number of amides is 16. The van der Waals surface area contributed by atoms with Crippen LogP contribution in [-0.2, 0) is 110 Å². The molecule has 23 N–H and O–H groups in total. The zero-order valence-corrected chi connectivity index (χ0v) is 75.9. The number of carboxylic acid groups (broad SMARTS) is 3. The zero-order valence-electron chi connectivity index (χ0n) is 75.1. The highest BCUT2D eigenvalue weighted by molar-refractivity contribution is 8.00. The lowest BCUT2D eigenvalue weighted by Gasteiger charge is -2.38. The second-order valence-corrected chi connectivity index (χ2v) is 35.0. The van der Waals surface area contributed by atoms with E-state index in [1.165, 1.54) is 38.4 Å². The van der Waals surface area contributed by atoms with Gasteiger partial charge in [0.25, 0.3) is 0 Å². The highest BCUT2D eigenvalue weighted by Gasteiger charge is 2.47. The Morgan fingerprint density at radius 1 is 0.478 bits per heavy atom. The van der Waals surface area contributed by atoms with E-state index in [1.54, 1.807) is 67.8 Å². The minimum atomic E-state index is -1.93. The summed E-state index contributed by atoms with van der Waals surface area (Å²) in [5, 5.41) is 78.7. The zero-order chi connectivity index (χ0) is 97.7. The molecule has 6 heterocycles. The first kappa shape index (κ1) is 104. The number of phenolic OH excluding ortho intramolecular Hbond substituents is 1. The molecule has 4 aliphatic heterocycles. The van der Waals surface area contributed by atoms with Gasteiger partial charge in [-0.2, -0.15) is 0 Å². The van der Waals surface area contributed by atoms with Gasteiger partial charge in [0.1, 0.15) is 90.3 Å². The van der Waals surface area contributed by atoms with Gasteiger partial charge in [0, 0.05) is 119 Å². The summed E-state index contributed by atoms with van der Waals surface area (Å²) in [6, 6.07) is -3.51. The van der Waals surface area contributed by atoms with Gasteiger partial charge < -0.3 is 130 Å². The number of aromatic nitrogens is 2. The first-order chi connectivity index (χ1) is 63.9. The standard InChI is InChI=1S/C89H122N20O24S/c1-5-7-20-66-81(125)98-57(28-30-73(114)115)77(121)104-65(76(120)95-44-71(92)112)46-134-47-72(113)96-61(36-48-24-26-51(110)27-25-48)87(131)107-34-14-13-22-67(107)82(126)102-63(40-75(118)119)88(132)108-35-15-23-68(108)83(127)103-64(41-91)80(124)99-59(29-31-74(116)117)86(130)109-45-52(111)39-70(109)84(128)100-60(37-49-42-93-55-18-11-9-16-53(49)55)79(123)97-58(32-33-90)78(122)101-62(38-50-43-94-56-19-12-10-17-54(50)56)85(129)106(4)69(21-8-6-2)89(133)105(66)3/h9-12,16-19,24-27,42-43,52,57-70,93-94,110-111H,5-8,13-15,20-23,28-41,44-47,90-91H2,1-4H3,(H2,92,112)(H,95,120)(H,96,113)(H,97,123)(H,98,125)(H,99,124)(H,100,128)(H,101,122)(H,102,126)(H,103,127)(H,104,121)(H,114,115)(H,116,117)(H,118,119)/t52-,57+,58+,59+,60+,61+,62+,63+,64+,65+,66+,67+,68+,69+,70+/m1/s1. The molecular weight excluding hydrogens is 1770 g/mol. The molecule has 134 heavy (non-hydrogen) atoms. The molecule has 5 aromatic rings. The topological polar surface area (TPSA) is 672 Å². The smallest absolute Gasteiger partial charge is 0.305 e. The number of hydrogen-bond acceptors (Lipinski definition) is 24. The fourth-order valence-corrected chi connectivity index (χ4v) is 17.9. The van der Waals surface area contributed by atoms with Gasteiger partial charge in [-0.25, -0.2) is 0 Å². The van der Waals surface area contributed by atoms with Gasteiger partial charge in [-0.1, -0.05) is 88.1 Å². The number of carbonyl (C=O) groups is 19. The number of piperidine rings is 1. The molecule has 44 nitrogen and oxygen atoms in total. The molecule has 0 radical (unpaired) electrons. The Bertz CT molecular complexity index is 5090. The lowest BCUT2D eigenvalue weighted by Crippen LogP contribution is -2.62. The van der Waals surface area contributed by atoms with Crippen LogP contribution in [0.4, 0.5) is 0 Å². The van der Waals surface area contributed by atoms with Crippen molar-refractivity contribution in [3.05, 3.63) is 102 Å². The summed E-state index contributed by atoms with van der Waals surface area (Å²) in [4.78, 5) is 285. The number of nitrogens with two attached hydrogens (primary N) is 3. The summed E-state index contributed by atoms with van der Waals surface area (Å²) in [5.41, 5.74) is 20.3. The van der Waals surface area contributed by atoms with Crippen LogP contribution in [-0.4, -0.2) is 328 Å². The summed E-state index contributed by atoms with van der Waals surface area (Å²) in [5.74, 6) is -21.9. The summed E-state index contributed by atoms with van der Waals surface area (Å²) < 4.78 is 0. The van der Waals surface area contributed by atoms with Crippen LogP contribution in [0.5, 0.6) is 5.75 Å². The number of aromatic amines is 2. The second-order valence-electron chi connectivity index (χ2n) is 33.9. The quantitative estimate of drug-likeness (QED) is 0.0262. The van der Waals surface area contributed by atoms with Crippen molar-refractivity contribution < 1.29 is 117 Å². The molecule has 0 saturated carbocycles. The number of thioether (sulfide) groups is 1. The lowest BCUT2D eigenvalue weighted by atomic mass is 9.97. The fraction of sp³-hybridized carbons (Fsp3) is 0.539. The third-order valence-electron chi connectivity index (χ3n) is 24.2. The number of aromatic hydroxyl groups is 1. The number of benzene rings is 3. The van der Waals surface area contributed by atoms with Gasteiger partial charge in [0.05, 0.1) is 24.8 Å². The Balaban J connectivity index is 1.10. The number of aliphatic hydroxyl groups is 1. The molecule has 4 aliphatic rings. The van der Waals surface area contributed by atoms with E-state index in [0.717, 1.165) is 24.5 Å². The lowest BCUT2D eigenvalue weighted by molar-refractivity contribution is -0.149. The molecule has 3 aromatic carbocycles. The monoisotopic (exact) mass is 1890 g/mol. The number of fused-ring (bicyclic) bond motifs is 5. The fourth-order valence-electron chi connectivity index (χ4n) is 17.0. The number of unbranched alkanes of at least 4 members (excludes halogenated alkanes) is 2. The number of aliphatic hydroxyl groups excluding tert-OH is 1. The molecule has 45 heteroatoms. The Hall–Kier alpha value is -13.3. The number of carbonyl (C=O) groups excluding carboxylic acids is 16. The number of H-pyrrole nitrogens is 2. The molecule has 0 bridgehead atoms. The van der Waals surface area contributed by atoms with E-state index in [0.29, 0.717) is 82.4 Å². The second kappa shape index (κ2) is 50.0. The summed E-state index contributed by atoms with van der Waals surface area (Å²) in [7, 11) is 2.61. The van der Waals surface area contributed by atoms with Gasteiger partial charge in [0.2, 0.25) is 94.5 Å². The molecule has 0 spiro atoms. The van der Waals surface area contributed by atoms with E-state index in [1.807, 2.05) is 6.92 Å². The number of carboxylic acids is 3. The molecular formula is C89H122N20O24S. The summed E-state index contributed by atoms with van der Waals surface area (Å²) in [6.07, 6.45) is -1.99. The predicted octanol–water partition coefficient (Wildman–Crippen LogP) is -3.03. The van der Waals surface area contributed by atoms with Crippen molar-refractivity contribution >= 4 is 146 Å². The van der Waals surface area contributed by atoms with Gasteiger partial charge >= 0.3 is 17.9 Å². The Labute approximate surface area is 775 Å². The highest BCUT2D eigenvalue weighted by atomic mass is 32.2. The van der Waals surface area contributed by atoms with Crippen LogP contribution in [0.3, 0.4) is 0 Å². The van der Waals surface area contributed by atoms with E-state index in [-0.39, 0.29) is 89.6 Å². The van der Waals surface area contributed by atoms with Crippen molar-refractivity contribution in [1.82, 2.24) is 87.6 Å². The van der Waals surface area contributed by atoms with Crippen molar-refractivity contribution in [2.24, 2.45) is 17.2 Å². The van der Waals surface area contributed by atoms with Crippen LogP contribution in [0.15, 0.2) is 85.2 Å². The van der Waals surface area contributed by atoms with Crippen LogP contribution in [0, 0.1) is 0 Å². The first-order valence-corrected chi connectivity index (χ1v) is 46.0. The number of primary amides is 1. The Kier molecular flexibility index (Phi) is 38.9. The van der Waals surface area contributed by atoms with E-state index in [4.69, 9.17) is 17.2 Å². The molecule has 9 rings (SSSR count). The first-order valence-electron chi connectivity index (χ1n) is 44.9. The van der Waals surface area contributed by atoms with Crippen LogP contribution >= 0.6 is 11.8 Å². The van der Waals surface area contributed by atoms with Gasteiger partial charge in [0.15, 0.2) is 0 Å². The number of rotatable bonds is 26. The van der Waals surface area contributed by atoms with Crippen molar-refractivity contribution in [3.8, 4) is 5.75 Å². The minimum absolute atomic E-state index is 0.0412. The molecule has 728 valence electrons. The largest absolute Gasteiger partial charge is 0.508 e. The third kappa shape index (κ3) is 28.6. The molecule has 16 amide bonds. The number of para-hydroxylation sites is 2. The molecule has 15 atom stereocenters. The van der Waals surface area contributed by atoms with Crippen molar-refractivity contribution in [1.29, 1.82) is 0 Å². The van der Waals surface area contributed by atoms with Gasteiger partial charge in [-0.15, -0.1) is 11.8 Å². The number of nitrogens with zero attached hydrogens (tertiary/aromatic N) is 5. The normalized spacial score (nSPS) is 25.3. The number of phenols is 1. The van der Waals surface area contributed by atoms with E-state index in [9.17, 15) is 78.3 Å². The maximum absolute atomic E-state index is 15.8. The molecule has 4 saturated heterocycles. The Morgan fingerprint density at radius 3 is 1.54 bits per heavy atom. The Morgan fingerprint density at radius 2 is 0.955 bits per heavy atom. The third-order valence-corrected chi connectivity index (χ3v) is 25.2. The highest BCUT2D eigenvalue weighted by Crippen LogP contribution is 2.29. The maximum Gasteiger partial charge on any atom is 0.305 e. The molecule has 2 aromatic heterocycles. The van der Waals surface area contributed by atoms with Gasteiger partial charge in [-0.3, -0.25) is 91.1 Å². The van der Waals surface area contributed by atoms with Crippen LogP contribution < -0.4 is 70.4 Å². The van der Waals surface area contributed by atoms with E-state index in [2.05, 4.69) is 63.1 Å². The van der Waals surface area contributed by atoms with Gasteiger partial charge in [-0.05, 0) is 112 Å². The van der Waals surface area contributed by atoms with Crippen molar-refractivity contribution in [2.75, 3.05) is 64.9 Å². The molecule has 4 fully saturated rings. The van der Waals surface area contributed by atoms with Crippen molar-refractivity contribution in [2.45, 2.75) is 239 Å². The number of likely N-dealkylation sites (N-methyl/N-ethyl adjacent to an activating group) is 2. The number of aliphatic carboxylic acids is 3. The van der Waals surface area contributed by atoms with E-state index < -0.39 is 273 Å². The van der Waals surface area contributed by atoms with Crippen LogP contribution in [0.2, 0.25) is 0 Å². The SMILES string of the molecule is CCCC[C@H]1C(=O)N(C)[C@@H](CCCC)C(=O)N[C@@H](CCC(=O)O)C(=O)N[C@H](C(=O)NCC(N)=O)CSCC(=O)N[C@@H](Cc2ccc(O)cc2)C(=O)N2CCCC[C@H]2C(=O)N[C@@H](CC(=O)O)C(=O)N2CCC[C@H]2C(=O)N[C@@H](CN)C(=O)N[C@@H](CCC(=O)O)C(=O)N2C[C@H](O)C[C@H]2C(=O)N[C@@H](Cc2c[nH]c3ccccc23)C(=O)N[C@@H](CCN)C(=O)N[C@@H](Cc2c[nH]c3ccccc23)C(=O)N1C. The number of hydrogen-bond donors (Lipinski definition) is 20. The average molecular weight is 1890 g/mol. The molecule has 0 unspecified atom stereocenters. The summed E-state index contributed by atoms with van der Waals surface area (Å²) in [6.45, 7) is 0.916. The average Bonchev–Trinajstić information content (AvgIpc) is 1.57. The van der Waals surface area contributed by atoms with Crippen LogP contribution in [0.25, 0.3) is 21.8 Å².